The molecular weight excluding hydrogens is 378 g/mol. The van der Waals surface area contributed by atoms with E-state index >= 15 is 0 Å². The Morgan fingerprint density at radius 1 is 1.03 bits per heavy atom. The molecule has 4 unspecified atom stereocenters. The van der Waals surface area contributed by atoms with Gasteiger partial charge in [0.1, 0.15) is 18.3 Å². The summed E-state index contributed by atoms with van der Waals surface area (Å²) in [6, 6.07) is 0. The van der Waals surface area contributed by atoms with Gasteiger partial charge in [-0.15, -0.1) is 0 Å². The molecule has 1 aliphatic heterocycles. The van der Waals surface area contributed by atoms with Crippen molar-refractivity contribution in [2.24, 2.45) is 5.92 Å². The summed E-state index contributed by atoms with van der Waals surface area (Å²) in [7, 11) is 0. The smallest absolute Gasteiger partial charge is 0.306 e. The third kappa shape index (κ3) is 10.4. The molecule has 1 amide bonds. The molecule has 1 saturated heterocycles. The number of hydrogen-bond donors (Lipinski definition) is 4. The van der Waals surface area contributed by atoms with Crippen LogP contribution in [0.2, 0.25) is 0 Å². The maximum absolute atomic E-state index is 12.2. The molecule has 8 heteroatoms. The van der Waals surface area contributed by atoms with Crippen LogP contribution in [0.5, 0.6) is 0 Å². The average Bonchev–Trinajstić information content (AvgIpc) is 2.72. The standard InChI is InChI=1S/C21H39NO7/c1-2-3-4-5-6-7-8-9-10-11-12-19(25)29-21-16(13-18(24)22-27)15-28-17(14-23)20(21)26/h16-17,20-21,23,26-27H,2-15H2,1H3,(H,22,24). The van der Waals surface area contributed by atoms with E-state index in [4.69, 9.17) is 14.7 Å². The SMILES string of the molecule is CCCCCCCCCCCCC(=O)OC1C(CC(=O)NO)COC(CO)C1O. The highest BCUT2D eigenvalue weighted by Gasteiger charge is 2.42. The molecule has 1 fully saturated rings. The van der Waals surface area contributed by atoms with E-state index in [1.165, 1.54) is 50.4 Å². The minimum atomic E-state index is -1.22. The van der Waals surface area contributed by atoms with Crippen LogP contribution in [0.1, 0.15) is 84.0 Å². The van der Waals surface area contributed by atoms with Gasteiger partial charge in [-0.05, 0) is 6.42 Å². The van der Waals surface area contributed by atoms with Crippen LogP contribution in [0.4, 0.5) is 0 Å². The molecule has 4 N–H and O–H groups in total. The van der Waals surface area contributed by atoms with Crippen LogP contribution in [0.25, 0.3) is 0 Å². The fraction of sp³-hybridized carbons (Fsp3) is 0.905. The van der Waals surface area contributed by atoms with E-state index in [2.05, 4.69) is 6.92 Å². The molecule has 4 atom stereocenters. The number of amides is 1. The maximum Gasteiger partial charge on any atom is 0.306 e. The Balaban J connectivity index is 2.28. The number of aliphatic hydroxyl groups is 2. The van der Waals surface area contributed by atoms with Gasteiger partial charge in [-0.1, -0.05) is 64.7 Å². The molecule has 0 aromatic heterocycles. The zero-order chi connectivity index (χ0) is 21.5. The number of aliphatic hydroxyl groups excluding tert-OH is 2. The monoisotopic (exact) mass is 417 g/mol. The normalized spacial score (nSPS) is 24.3. The van der Waals surface area contributed by atoms with Gasteiger partial charge < -0.3 is 19.7 Å². The third-order valence-corrected chi connectivity index (χ3v) is 5.46. The maximum atomic E-state index is 12.2. The van der Waals surface area contributed by atoms with Gasteiger partial charge in [0.15, 0.2) is 0 Å². The molecule has 29 heavy (non-hydrogen) atoms. The Morgan fingerprint density at radius 3 is 2.17 bits per heavy atom. The summed E-state index contributed by atoms with van der Waals surface area (Å²) < 4.78 is 10.8. The van der Waals surface area contributed by atoms with Gasteiger partial charge >= 0.3 is 5.97 Å². The number of hydroxylamine groups is 1. The lowest BCUT2D eigenvalue weighted by Crippen LogP contribution is -2.54. The number of hydrogen-bond acceptors (Lipinski definition) is 7. The second-order valence-corrected chi connectivity index (χ2v) is 7.93. The summed E-state index contributed by atoms with van der Waals surface area (Å²) in [5.41, 5.74) is 1.53. The van der Waals surface area contributed by atoms with Crippen LogP contribution in [-0.4, -0.2) is 58.8 Å². The quantitative estimate of drug-likeness (QED) is 0.140. The Hall–Kier alpha value is -1.22. The van der Waals surface area contributed by atoms with Gasteiger partial charge in [-0.2, -0.15) is 0 Å². The molecular formula is C21H39NO7. The van der Waals surface area contributed by atoms with Crippen molar-refractivity contribution in [3.63, 3.8) is 0 Å². The van der Waals surface area contributed by atoms with Gasteiger partial charge in [0.25, 0.3) is 0 Å². The molecule has 1 heterocycles. The van der Waals surface area contributed by atoms with Crippen LogP contribution in [0.3, 0.4) is 0 Å². The van der Waals surface area contributed by atoms with Crippen LogP contribution in [0.15, 0.2) is 0 Å². The van der Waals surface area contributed by atoms with Gasteiger partial charge in [0.05, 0.1) is 13.2 Å². The minimum absolute atomic E-state index is 0.0475. The van der Waals surface area contributed by atoms with E-state index in [1.807, 2.05) is 0 Å². The zero-order valence-electron chi connectivity index (χ0n) is 17.7. The first-order valence-electron chi connectivity index (χ1n) is 11.1. The van der Waals surface area contributed by atoms with Crippen molar-refractivity contribution in [1.29, 1.82) is 0 Å². The number of unbranched alkanes of at least 4 members (excludes halogenated alkanes) is 9. The van der Waals surface area contributed by atoms with Gasteiger partial charge in [-0.25, -0.2) is 5.48 Å². The van der Waals surface area contributed by atoms with Gasteiger partial charge in [0.2, 0.25) is 5.91 Å². The minimum Gasteiger partial charge on any atom is -0.459 e. The second kappa shape index (κ2) is 15.6. The fourth-order valence-corrected chi connectivity index (χ4v) is 3.68. The molecule has 0 aromatic rings. The number of esters is 1. The molecule has 0 spiro atoms. The zero-order valence-corrected chi connectivity index (χ0v) is 17.7. The summed E-state index contributed by atoms with van der Waals surface area (Å²) in [6.07, 6.45) is 8.72. The van der Waals surface area contributed by atoms with Crippen LogP contribution in [0, 0.1) is 5.92 Å². The van der Waals surface area contributed by atoms with E-state index in [0.29, 0.717) is 0 Å². The molecule has 0 saturated carbocycles. The Kier molecular flexibility index (Phi) is 13.9. The lowest BCUT2D eigenvalue weighted by Gasteiger charge is -2.38. The van der Waals surface area contributed by atoms with Crippen molar-refractivity contribution >= 4 is 11.9 Å². The van der Waals surface area contributed by atoms with Crippen molar-refractivity contribution in [2.75, 3.05) is 13.2 Å². The van der Waals surface area contributed by atoms with Crippen molar-refractivity contribution in [3.05, 3.63) is 0 Å². The number of rotatable bonds is 15. The molecule has 0 aromatic carbocycles. The van der Waals surface area contributed by atoms with Gasteiger partial charge in [-0.3, -0.25) is 14.8 Å². The van der Waals surface area contributed by atoms with E-state index in [9.17, 15) is 19.8 Å². The number of carbonyl (C=O) groups excluding carboxylic acids is 2. The highest BCUT2D eigenvalue weighted by atomic mass is 16.6. The predicted octanol–water partition coefficient (Wildman–Crippen LogP) is 2.47. The number of carbonyl (C=O) groups is 2. The molecule has 0 aliphatic carbocycles. The van der Waals surface area contributed by atoms with Gasteiger partial charge in [0, 0.05) is 18.8 Å². The first-order chi connectivity index (χ1) is 14.0. The van der Waals surface area contributed by atoms with Crippen LogP contribution >= 0.6 is 0 Å². The number of nitrogens with one attached hydrogen (secondary N) is 1. The molecule has 8 nitrogen and oxygen atoms in total. The predicted molar refractivity (Wildman–Crippen MR) is 107 cm³/mol. The third-order valence-electron chi connectivity index (χ3n) is 5.46. The molecule has 1 aliphatic rings. The van der Waals surface area contributed by atoms with Crippen molar-refractivity contribution in [2.45, 2.75) is 102 Å². The Labute approximate surface area is 173 Å². The largest absolute Gasteiger partial charge is 0.459 e. The first-order valence-corrected chi connectivity index (χ1v) is 11.1. The molecule has 0 bridgehead atoms. The lowest BCUT2D eigenvalue weighted by molar-refractivity contribution is -0.200. The lowest BCUT2D eigenvalue weighted by atomic mass is 9.89. The summed E-state index contributed by atoms with van der Waals surface area (Å²) in [5.74, 6) is -1.66. The van der Waals surface area contributed by atoms with Crippen LogP contribution in [-0.2, 0) is 19.1 Å². The summed E-state index contributed by atoms with van der Waals surface area (Å²) in [5, 5.41) is 28.3. The van der Waals surface area contributed by atoms with E-state index in [-0.39, 0.29) is 19.4 Å². The van der Waals surface area contributed by atoms with Crippen molar-refractivity contribution < 1.29 is 34.5 Å². The topological polar surface area (TPSA) is 125 Å². The van der Waals surface area contributed by atoms with Crippen molar-refractivity contribution in [1.82, 2.24) is 5.48 Å². The molecule has 0 radical (unpaired) electrons. The van der Waals surface area contributed by atoms with E-state index in [0.717, 1.165) is 19.3 Å². The van der Waals surface area contributed by atoms with E-state index < -0.39 is 42.7 Å². The summed E-state index contributed by atoms with van der Waals surface area (Å²) in [4.78, 5) is 23.7. The Morgan fingerprint density at radius 2 is 1.62 bits per heavy atom. The molecule has 170 valence electrons. The second-order valence-electron chi connectivity index (χ2n) is 7.93. The fourth-order valence-electron chi connectivity index (χ4n) is 3.68. The average molecular weight is 418 g/mol. The van der Waals surface area contributed by atoms with Crippen LogP contribution < -0.4 is 5.48 Å². The van der Waals surface area contributed by atoms with E-state index in [1.54, 1.807) is 0 Å². The van der Waals surface area contributed by atoms with Crippen molar-refractivity contribution in [3.8, 4) is 0 Å². The summed E-state index contributed by atoms with van der Waals surface area (Å²) in [6.45, 7) is 1.85. The summed E-state index contributed by atoms with van der Waals surface area (Å²) >= 11 is 0. The highest BCUT2D eigenvalue weighted by Crippen LogP contribution is 2.26. The molecule has 1 rings (SSSR count). The number of ether oxygens (including phenoxy) is 2. The highest BCUT2D eigenvalue weighted by molar-refractivity contribution is 5.75. The Bertz CT molecular complexity index is 460. The first kappa shape index (κ1) is 25.8.